The normalized spacial score (nSPS) is 20.9. The third kappa shape index (κ3) is 3.72. The Kier molecular flexibility index (Phi) is 5.02. The Hall–Kier alpha value is -1.06. The Morgan fingerprint density at radius 2 is 2.22 bits per heavy atom. The van der Waals surface area contributed by atoms with E-state index in [1.165, 1.54) is 11.3 Å². The number of hydrogen-bond acceptors (Lipinski definition) is 3. The van der Waals surface area contributed by atoms with Crippen LogP contribution in [0.3, 0.4) is 0 Å². The van der Waals surface area contributed by atoms with E-state index in [0.717, 1.165) is 39.2 Å². The highest BCUT2D eigenvalue weighted by molar-refractivity contribution is 5.50. The summed E-state index contributed by atoms with van der Waals surface area (Å²) in [6.45, 7) is 9.44. The second-order valence-electron chi connectivity index (χ2n) is 4.94. The molecule has 100 valence electrons. The quantitative estimate of drug-likeness (QED) is 0.866. The molecule has 0 aromatic heterocycles. The van der Waals surface area contributed by atoms with Gasteiger partial charge < -0.3 is 10.1 Å². The summed E-state index contributed by atoms with van der Waals surface area (Å²) < 4.78 is 5.68. The van der Waals surface area contributed by atoms with Gasteiger partial charge in [-0.1, -0.05) is 25.1 Å². The number of rotatable bonds is 5. The van der Waals surface area contributed by atoms with Gasteiger partial charge in [-0.3, -0.25) is 4.90 Å². The van der Waals surface area contributed by atoms with Gasteiger partial charge in [0.25, 0.3) is 0 Å². The van der Waals surface area contributed by atoms with Crippen LogP contribution in [0.1, 0.15) is 18.9 Å². The Morgan fingerprint density at radius 1 is 1.39 bits per heavy atom. The molecular weight excluding hydrogens is 224 g/mol. The summed E-state index contributed by atoms with van der Waals surface area (Å²) in [4.78, 5) is 2.49. The van der Waals surface area contributed by atoms with Crippen LogP contribution in [0.5, 0.6) is 0 Å². The number of hydrogen-bond donors (Lipinski definition) is 1. The Bertz CT molecular complexity index is 367. The lowest BCUT2D eigenvalue weighted by Crippen LogP contribution is -2.43. The van der Waals surface area contributed by atoms with Crippen molar-refractivity contribution in [2.45, 2.75) is 26.4 Å². The van der Waals surface area contributed by atoms with Crippen molar-refractivity contribution < 1.29 is 4.74 Å². The topological polar surface area (TPSA) is 24.5 Å². The third-order valence-corrected chi connectivity index (χ3v) is 3.57. The smallest absolute Gasteiger partial charge is 0.0700 e. The van der Waals surface area contributed by atoms with Crippen molar-refractivity contribution in [1.82, 2.24) is 4.90 Å². The molecule has 1 aliphatic heterocycles. The predicted molar refractivity (Wildman–Crippen MR) is 76.1 cm³/mol. The van der Waals surface area contributed by atoms with Crippen molar-refractivity contribution >= 4 is 5.69 Å². The molecule has 1 unspecified atom stereocenters. The molecule has 0 bridgehead atoms. The van der Waals surface area contributed by atoms with Crippen molar-refractivity contribution in [3.05, 3.63) is 29.8 Å². The molecule has 1 aromatic carbocycles. The highest BCUT2D eigenvalue weighted by atomic mass is 16.5. The van der Waals surface area contributed by atoms with Gasteiger partial charge in [-0.15, -0.1) is 0 Å². The van der Waals surface area contributed by atoms with E-state index in [9.17, 15) is 0 Å². The second-order valence-corrected chi connectivity index (χ2v) is 4.94. The molecule has 3 nitrogen and oxygen atoms in total. The van der Waals surface area contributed by atoms with E-state index in [4.69, 9.17) is 4.74 Å². The highest BCUT2D eigenvalue weighted by Gasteiger charge is 2.17. The fraction of sp³-hybridized carbons (Fsp3) is 0.600. The SMILES string of the molecule is CCC1CN(CCNc2ccccc2C)CCO1. The van der Waals surface area contributed by atoms with Gasteiger partial charge in [-0.05, 0) is 25.0 Å². The molecule has 1 heterocycles. The Labute approximate surface area is 110 Å². The van der Waals surface area contributed by atoms with Crippen LogP contribution in [0, 0.1) is 6.92 Å². The zero-order valence-corrected chi connectivity index (χ0v) is 11.5. The monoisotopic (exact) mass is 248 g/mol. The first kappa shape index (κ1) is 13.4. The maximum atomic E-state index is 5.68. The van der Waals surface area contributed by atoms with Gasteiger partial charge in [0, 0.05) is 31.9 Å². The van der Waals surface area contributed by atoms with Gasteiger partial charge >= 0.3 is 0 Å². The summed E-state index contributed by atoms with van der Waals surface area (Å²) in [5, 5.41) is 3.51. The molecule has 1 aromatic rings. The molecule has 0 radical (unpaired) electrons. The van der Waals surface area contributed by atoms with E-state index >= 15 is 0 Å². The number of para-hydroxylation sites is 1. The van der Waals surface area contributed by atoms with Crippen LogP contribution in [-0.2, 0) is 4.74 Å². The summed E-state index contributed by atoms with van der Waals surface area (Å²) in [5.41, 5.74) is 2.56. The third-order valence-electron chi connectivity index (χ3n) is 3.57. The van der Waals surface area contributed by atoms with Gasteiger partial charge in [0.1, 0.15) is 0 Å². The molecule has 3 heteroatoms. The van der Waals surface area contributed by atoms with Crippen LogP contribution in [0.2, 0.25) is 0 Å². The molecule has 18 heavy (non-hydrogen) atoms. The van der Waals surface area contributed by atoms with Gasteiger partial charge in [0.15, 0.2) is 0 Å². The molecule has 0 spiro atoms. The standard InChI is InChI=1S/C15H24N2O/c1-3-14-12-17(10-11-18-14)9-8-16-15-7-5-4-6-13(15)2/h4-7,14,16H,3,8-12H2,1-2H3. The van der Waals surface area contributed by atoms with Gasteiger partial charge in [-0.25, -0.2) is 0 Å². The van der Waals surface area contributed by atoms with Crippen LogP contribution in [0.4, 0.5) is 5.69 Å². The number of nitrogens with one attached hydrogen (secondary N) is 1. The molecule has 2 rings (SSSR count). The van der Waals surface area contributed by atoms with Crippen LogP contribution in [0.25, 0.3) is 0 Å². The number of morpholine rings is 1. The molecule has 1 fully saturated rings. The summed E-state index contributed by atoms with van der Waals surface area (Å²) in [6, 6.07) is 8.44. The number of anilines is 1. The minimum absolute atomic E-state index is 0.428. The van der Waals surface area contributed by atoms with E-state index in [-0.39, 0.29) is 0 Å². The Balaban J connectivity index is 1.73. The molecule has 1 aliphatic rings. The maximum Gasteiger partial charge on any atom is 0.0700 e. The summed E-state index contributed by atoms with van der Waals surface area (Å²) >= 11 is 0. The number of ether oxygens (including phenoxy) is 1. The second kappa shape index (κ2) is 6.76. The van der Waals surface area contributed by atoms with E-state index in [2.05, 4.69) is 48.3 Å². The average molecular weight is 248 g/mol. The van der Waals surface area contributed by atoms with Crippen LogP contribution in [-0.4, -0.2) is 43.8 Å². The van der Waals surface area contributed by atoms with Crippen molar-refractivity contribution in [3.8, 4) is 0 Å². The van der Waals surface area contributed by atoms with E-state index < -0.39 is 0 Å². The van der Waals surface area contributed by atoms with Gasteiger partial charge in [-0.2, -0.15) is 0 Å². The fourth-order valence-corrected chi connectivity index (χ4v) is 2.35. The first-order valence-electron chi connectivity index (χ1n) is 6.93. The highest BCUT2D eigenvalue weighted by Crippen LogP contribution is 2.13. The first-order valence-corrected chi connectivity index (χ1v) is 6.93. The van der Waals surface area contributed by atoms with Crippen LogP contribution < -0.4 is 5.32 Å². The maximum absolute atomic E-state index is 5.68. The number of benzene rings is 1. The van der Waals surface area contributed by atoms with Crippen LogP contribution in [0.15, 0.2) is 24.3 Å². The molecular formula is C15H24N2O. The summed E-state index contributed by atoms with van der Waals surface area (Å²) in [7, 11) is 0. The van der Waals surface area contributed by atoms with Crippen LogP contribution >= 0.6 is 0 Å². The molecule has 1 saturated heterocycles. The van der Waals surface area contributed by atoms with Gasteiger partial charge in [0.2, 0.25) is 0 Å². The summed E-state index contributed by atoms with van der Waals surface area (Å²) in [6.07, 6.45) is 1.54. The predicted octanol–water partition coefficient (Wildman–Crippen LogP) is 2.52. The van der Waals surface area contributed by atoms with E-state index in [0.29, 0.717) is 6.10 Å². The molecule has 0 amide bonds. The molecule has 0 aliphatic carbocycles. The summed E-state index contributed by atoms with van der Waals surface area (Å²) in [5.74, 6) is 0. The van der Waals surface area contributed by atoms with Crippen molar-refractivity contribution in [2.24, 2.45) is 0 Å². The molecule has 1 atom stereocenters. The lowest BCUT2D eigenvalue weighted by molar-refractivity contribution is -0.0282. The van der Waals surface area contributed by atoms with Crippen molar-refractivity contribution in [2.75, 3.05) is 38.1 Å². The fourth-order valence-electron chi connectivity index (χ4n) is 2.35. The van der Waals surface area contributed by atoms with Crippen molar-refractivity contribution in [3.63, 3.8) is 0 Å². The lowest BCUT2D eigenvalue weighted by Gasteiger charge is -2.32. The first-order chi connectivity index (χ1) is 8.79. The van der Waals surface area contributed by atoms with E-state index in [1.54, 1.807) is 0 Å². The average Bonchev–Trinajstić information content (AvgIpc) is 2.41. The largest absolute Gasteiger partial charge is 0.384 e. The minimum atomic E-state index is 0.428. The van der Waals surface area contributed by atoms with Crippen molar-refractivity contribution in [1.29, 1.82) is 0 Å². The molecule has 0 saturated carbocycles. The zero-order valence-electron chi connectivity index (χ0n) is 11.5. The zero-order chi connectivity index (χ0) is 12.8. The lowest BCUT2D eigenvalue weighted by atomic mass is 10.2. The van der Waals surface area contributed by atoms with Gasteiger partial charge in [0.05, 0.1) is 12.7 Å². The minimum Gasteiger partial charge on any atom is -0.384 e. The van der Waals surface area contributed by atoms with E-state index in [1.807, 2.05) is 0 Å². The Morgan fingerprint density at radius 3 is 3.00 bits per heavy atom. The number of nitrogens with zero attached hydrogens (tertiary/aromatic N) is 1. The molecule has 1 N–H and O–H groups in total. The number of aryl methyl sites for hydroxylation is 1.